The number of aromatic nitrogens is 2. The van der Waals surface area contributed by atoms with Crippen LogP contribution in [0.25, 0.3) is 5.69 Å². The first-order chi connectivity index (χ1) is 15.7. The Morgan fingerprint density at radius 3 is 2.15 bits per heavy atom. The van der Waals surface area contributed by atoms with Gasteiger partial charge in [-0.25, -0.2) is 13.2 Å². The van der Waals surface area contributed by atoms with Crippen LogP contribution in [-0.4, -0.2) is 35.2 Å². The molecule has 0 spiro atoms. The maximum atomic E-state index is 13.1. The Kier molecular flexibility index (Phi) is 6.43. The Labute approximate surface area is 196 Å². The van der Waals surface area contributed by atoms with Gasteiger partial charge in [0, 0.05) is 28.7 Å². The van der Waals surface area contributed by atoms with E-state index in [0.717, 1.165) is 6.26 Å². The van der Waals surface area contributed by atoms with Gasteiger partial charge in [-0.1, -0.05) is 20.8 Å². The summed E-state index contributed by atoms with van der Waals surface area (Å²) in [4.78, 5) is 39.5. The molecule has 10 nitrogen and oxygen atoms in total. The van der Waals surface area contributed by atoms with Crippen LogP contribution in [-0.2, 0) is 15.4 Å². The van der Waals surface area contributed by atoms with E-state index < -0.39 is 32.6 Å². The van der Waals surface area contributed by atoms with E-state index in [0.29, 0.717) is 28.3 Å². The second-order valence-electron chi connectivity index (χ2n) is 8.96. The average molecular weight is 487 g/mol. The molecule has 0 aliphatic carbocycles. The SMILES string of the molecule is Cc1cc(=O)[nH]c(=O)n1-c1cc(C(=O)Nc2ccc(NS(C)(=O)=O)cc2)c(O)c(C(C)(C)C)c1. The molecule has 0 saturated heterocycles. The third kappa shape index (κ3) is 5.54. The number of phenols is 1. The van der Waals surface area contributed by atoms with Crippen molar-refractivity contribution in [3.63, 3.8) is 0 Å². The van der Waals surface area contributed by atoms with Gasteiger partial charge in [0.15, 0.2) is 0 Å². The van der Waals surface area contributed by atoms with Gasteiger partial charge < -0.3 is 10.4 Å². The highest BCUT2D eigenvalue weighted by molar-refractivity contribution is 7.92. The number of aryl methyl sites for hydroxylation is 1. The molecule has 0 fully saturated rings. The Hall–Kier alpha value is -3.86. The number of hydrogen-bond donors (Lipinski definition) is 4. The molecule has 0 bridgehead atoms. The van der Waals surface area contributed by atoms with E-state index in [1.807, 2.05) is 20.8 Å². The predicted molar refractivity (Wildman–Crippen MR) is 131 cm³/mol. The number of aromatic hydroxyl groups is 1. The summed E-state index contributed by atoms with van der Waals surface area (Å²) < 4.78 is 26.3. The molecule has 1 amide bonds. The Bertz CT molecular complexity index is 1480. The molecular formula is C23H26N4O6S. The van der Waals surface area contributed by atoms with Crippen molar-refractivity contribution in [1.82, 2.24) is 9.55 Å². The van der Waals surface area contributed by atoms with Crippen LogP contribution in [0.4, 0.5) is 11.4 Å². The molecule has 180 valence electrons. The fourth-order valence-electron chi connectivity index (χ4n) is 3.46. The molecule has 0 radical (unpaired) electrons. The third-order valence-electron chi connectivity index (χ3n) is 4.98. The first-order valence-corrected chi connectivity index (χ1v) is 12.1. The lowest BCUT2D eigenvalue weighted by molar-refractivity contribution is 0.102. The van der Waals surface area contributed by atoms with Crippen LogP contribution in [0, 0.1) is 6.92 Å². The minimum Gasteiger partial charge on any atom is -0.507 e. The van der Waals surface area contributed by atoms with Gasteiger partial charge in [-0.3, -0.25) is 23.9 Å². The number of rotatable bonds is 5. The van der Waals surface area contributed by atoms with Crippen LogP contribution in [0.5, 0.6) is 5.75 Å². The van der Waals surface area contributed by atoms with E-state index in [4.69, 9.17) is 0 Å². The number of nitrogens with one attached hydrogen (secondary N) is 3. The van der Waals surface area contributed by atoms with Gasteiger partial charge in [-0.05, 0) is 48.7 Å². The Morgan fingerprint density at radius 1 is 1.03 bits per heavy atom. The zero-order chi connectivity index (χ0) is 25.4. The number of phenolic OH excluding ortho intramolecular Hbond substituents is 1. The summed E-state index contributed by atoms with van der Waals surface area (Å²) >= 11 is 0. The number of carbonyl (C=O) groups is 1. The number of amides is 1. The molecule has 4 N–H and O–H groups in total. The molecule has 11 heteroatoms. The quantitative estimate of drug-likeness (QED) is 0.435. The van der Waals surface area contributed by atoms with Crippen molar-refractivity contribution < 1.29 is 18.3 Å². The topological polar surface area (TPSA) is 150 Å². The summed E-state index contributed by atoms with van der Waals surface area (Å²) in [5.74, 6) is -0.872. The van der Waals surface area contributed by atoms with Crippen LogP contribution in [0.3, 0.4) is 0 Å². The van der Waals surface area contributed by atoms with Gasteiger partial charge in [0.25, 0.3) is 11.5 Å². The second-order valence-corrected chi connectivity index (χ2v) is 10.7. The summed E-state index contributed by atoms with van der Waals surface area (Å²) in [5, 5.41) is 13.6. The molecule has 0 atom stereocenters. The Morgan fingerprint density at radius 2 is 1.62 bits per heavy atom. The predicted octanol–water partition coefficient (Wildman–Crippen LogP) is 2.46. The largest absolute Gasteiger partial charge is 0.507 e. The molecule has 3 rings (SSSR count). The highest BCUT2D eigenvalue weighted by atomic mass is 32.2. The summed E-state index contributed by atoms with van der Waals surface area (Å²) in [6.45, 7) is 7.14. The number of nitrogens with zero attached hydrogens (tertiary/aromatic N) is 1. The molecule has 1 heterocycles. The van der Waals surface area contributed by atoms with E-state index >= 15 is 0 Å². The minimum atomic E-state index is -3.44. The zero-order valence-electron chi connectivity index (χ0n) is 19.4. The maximum Gasteiger partial charge on any atom is 0.333 e. The number of benzene rings is 2. The molecule has 2 aromatic carbocycles. The van der Waals surface area contributed by atoms with Gasteiger partial charge in [-0.15, -0.1) is 0 Å². The smallest absolute Gasteiger partial charge is 0.333 e. The Balaban J connectivity index is 2.07. The van der Waals surface area contributed by atoms with Crippen LogP contribution in [0.2, 0.25) is 0 Å². The molecular weight excluding hydrogens is 460 g/mol. The van der Waals surface area contributed by atoms with Crippen LogP contribution in [0.1, 0.15) is 42.4 Å². The van der Waals surface area contributed by atoms with Gasteiger partial charge in [-0.2, -0.15) is 0 Å². The first-order valence-electron chi connectivity index (χ1n) is 10.3. The number of carbonyl (C=O) groups excluding carboxylic acids is 1. The van der Waals surface area contributed by atoms with Crippen molar-refractivity contribution in [1.29, 1.82) is 0 Å². The van der Waals surface area contributed by atoms with Crippen molar-refractivity contribution in [3.8, 4) is 11.4 Å². The van der Waals surface area contributed by atoms with E-state index in [9.17, 15) is 27.9 Å². The lowest BCUT2D eigenvalue weighted by Crippen LogP contribution is -2.30. The number of aromatic amines is 1. The molecule has 0 aliphatic heterocycles. The molecule has 0 aliphatic rings. The highest BCUT2D eigenvalue weighted by Gasteiger charge is 2.25. The van der Waals surface area contributed by atoms with Crippen molar-refractivity contribution in [2.75, 3.05) is 16.3 Å². The summed E-state index contributed by atoms with van der Waals surface area (Å²) in [6, 6.07) is 10.2. The van der Waals surface area contributed by atoms with Gasteiger partial charge in [0.2, 0.25) is 10.0 Å². The van der Waals surface area contributed by atoms with E-state index in [1.54, 1.807) is 13.0 Å². The van der Waals surface area contributed by atoms with Crippen molar-refractivity contribution >= 4 is 27.3 Å². The first kappa shape index (κ1) is 24.8. The fraction of sp³-hybridized carbons (Fsp3) is 0.261. The van der Waals surface area contributed by atoms with E-state index in [2.05, 4.69) is 15.0 Å². The molecule has 0 saturated carbocycles. The summed E-state index contributed by atoms with van der Waals surface area (Å²) in [7, 11) is -3.44. The average Bonchev–Trinajstić information content (AvgIpc) is 2.67. The van der Waals surface area contributed by atoms with Crippen LogP contribution >= 0.6 is 0 Å². The third-order valence-corrected chi connectivity index (χ3v) is 5.58. The van der Waals surface area contributed by atoms with Crippen molar-refractivity contribution in [3.05, 3.63) is 80.1 Å². The number of H-pyrrole nitrogens is 1. The van der Waals surface area contributed by atoms with Crippen LogP contribution < -0.4 is 21.3 Å². The minimum absolute atomic E-state index is 0.0711. The number of hydrogen-bond acceptors (Lipinski definition) is 6. The number of sulfonamides is 1. The second kappa shape index (κ2) is 8.82. The van der Waals surface area contributed by atoms with Gasteiger partial charge >= 0.3 is 5.69 Å². The molecule has 34 heavy (non-hydrogen) atoms. The van der Waals surface area contributed by atoms with Crippen molar-refractivity contribution in [2.24, 2.45) is 0 Å². The highest BCUT2D eigenvalue weighted by Crippen LogP contribution is 2.36. The van der Waals surface area contributed by atoms with Gasteiger partial charge in [0.05, 0.1) is 17.5 Å². The molecule has 3 aromatic rings. The summed E-state index contributed by atoms with van der Waals surface area (Å²) in [5.41, 5.74) is -0.0704. The molecule has 1 aromatic heterocycles. The monoisotopic (exact) mass is 486 g/mol. The van der Waals surface area contributed by atoms with Crippen molar-refractivity contribution in [2.45, 2.75) is 33.1 Å². The van der Waals surface area contributed by atoms with Gasteiger partial charge in [0.1, 0.15) is 5.75 Å². The maximum absolute atomic E-state index is 13.1. The normalized spacial score (nSPS) is 11.8. The fourth-order valence-corrected chi connectivity index (χ4v) is 4.02. The lowest BCUT2D eigenvalue weighted by Gasteiger charge is -2.24. The van der Waals surface area contributed by atoms with E-state index in [1.165, 1.54) is 41.0 Å². The number of anilines is 2. The van der Waals surface area contributed by atoms with E-state index in [-0.39, 0.29) is 11.3 Å². The zero-order valence-corrected chi connectivity index (χ0v) is 20.2. The van der Waals surface area contributed by atoms with Crippen LogP contribution in [0.15, 0.2) is 52.1 Å². The lowest BCUT2D eigenvalue weighted by atomic mass is 9.84. The molecule has 0 unspecified atom stereocenters. The summed E-state index contributed by atoms with van der Waals surface area (Å²) in [6.07, 6.45) is 1.03. The standard InChI is InChI=1S/C23H26N4O6S/c1-13-10-19(28)25-22(31)27(13)16-11-17(20(29)18(12-16)23(2,3)4)21(30)24-14-6-8-15(9-7-14)26-34(5,32)33/h6-12,26,29H,1-5H3,(H,24,30)(H,25,28,31).